The third-order valence-electron chi connectivity index (χ3n) is 2.89. The Morgan fingerprint density at radius 3 is 2.29 bits per heavy atom. The molecule has 0 radical (unpaired) electrons. The van der Waals surface area contributed by atoms with E-state index in [2.05, 4.69) is 13.8 Å². The highest BCUT2D eigenvalue weighted by Crippen LogP contribution is 2.27. The maximum Gasteiger partial charge on any atom is 0.115 e. The molecule has 2 nitrogen and oxygen atoms in total. The Bertz CT molecular complexity index is 268. The molecule has 0 aliphatic rings. The summed E-state index contributed by atoms with van der Waals surface area (Å²) in [7, 11) is 0. The molecule has 2 heteroatoms. The van der Waals surface area contributed by atoms with Crippen molar-refractivity contribution >= 4 is 0 Å². The van der Waals surface area contributed by atoms with Gasteiger partial charge in [0, 0.05) is 0 Å². The first-order valence-corrected chi connectivity index (χ1v) is 5.14. The van der Waals surface area contributed by atoms with Gasteiger partial charge in [0.05, 0.1) is 0 Å². The zero-order chi connectivity index (χ0) is 10.6. The summed E-state index contributed by atoms with van der Waals surface area (Å²) in [6.45, 7) is 5.15. The molecule has 2 unspecified atom stereocenters. The van der Waals surface area contributed by atoms with Crippen LogP contribution in [0.15, 0.2) is 24.3 Å². The Labute approximate surface area is 85.8 Å². The number of hydrogen-bond acceptors (Lipinski definition) is 2. The van der Waals surface area contributed by atoms with Crippen molar-refractivity contribution in [3.05, 3.63) is 29.8 Å². The van der Waals surface area contributed by atoms with Gasteiger partial charge in [-0.3, -0.25) is 0 Å². The molecular weight excluding hydrogens is 174 g/mol. The van der Waals surface area contributed by atoms with Crippen LogP contribution in [0.4, 0.5) is 0 Å². The van der Waals surface area contributed by atoms with Gasteiger partial charge in [0.15, 0.2) is 0 Å². The zero-order valence-electron chi connectivity index (χ0n) is 8.90. The molecular formula is C12H19NO. The van der Waals surface area contributed by atoms with Gasteiger partial charge in [-0.05, 0) is 42.5 Å². The number of aromatic hydroxyl groups is 1. The number of phenolic OH excluding ortho intramolecular Hbond substituents is 1. The van der Waals surface area contributed by atoms with Crippen LogP contribution >= 0.6 is 0 Å². The van der Waals surface area contributed by atoms with Gasteiger partial charge in [0.1, 0.15) is 5.75 Å². The highest BCUT2D eigenvalue weighted by Gasteiger charge is 2.13. The normalized spacial score (nSPS) is 15.1. The van der Waals surface area contributed by atoms with Crippen LogP contribution in [-0.2, 0) is 0 Å². The Hall–Kier alpha value is -1.02. The molecule has 1 aromatic rings. The quantitative estimate of drug-likeness (QED) is 0.771. The van der Waals surface area contributed by atoms with Gasteiger partial charge in [-0.2, -0.15) is 0 Å². The summed E-state index contributed by atoms with van der Waals surface area (Å²) >= 11 is 0. The van der Waals surface area contributed by atoms with Crippen LogP contribution in [0.1, 0.15) is 31.7 Å². The molecule has 3 N–H and O–H groups in total. The predicted molar refractivity (Wildman–Crippen MR) is 59.4 cm³/mol. The molecule has 0 aliphatic heterocycles. The lowest BCUT2D eigenvalue weighted by molar-refractivity contribution is 0.456. The smallest absolute Gasteiger partial charge is 0.115 e. The Kier molecular flexibility index (Phi) is 3.96. The molecule has 0 aliphatic carbocycles. The Balaban J connectivity index is 2.68. The van der Waals surface area contributed by atoms with Gasteiger partial charge in [-0.1, -0.05) is 26.0 Å². The fraction of sp³-hybridized carbons (Fsp3) is 0.500. The van der Waals surface area contributed by atoms with Crippen LogP contribution in [0.5, 0.6) is 5.75 Å². The van der Waals surface area contributed by atoms with E-state index in [0.717, 1.165) is 13.0 Å². The predicted octanol–water partition coefficient (Wildman–Crippen LogP) is 2.48. The molecule has 78 valence electrons. The zero-order valence-corrected chi connectivity index (χ0v) is 8.90. The van der Waals surface area contributed by atoms with Gasteiger partial charge in [0.2, 0.25) is 0 Å². The van der Waals surface area contributed by atoms with Crippen LogP contribution in [-0.4, -0.2) is 11.7 Å². The van der Waals surface area contributed by atoms with E-state index in [-0.39, 0.29) is 0 Å². The van der Waals surface area contributed by atoms with Crippen molar-refractivity contribution in [1.29, 1.82) is 0 Å². The van der Waals surface area contributed by atoms with Gasteiger partial charge < -0.3 is 10.8 Å². The Morgan fingerprint density at radius 1 is 1.21 bits per heavy atom. The van der Waals surface area contributed by atoms with Gasteiger partial charge in [-0.25, -0.2) is 0 Å². The molecule has 14 heavy (non-hydrogen) atoms. The molecule has 0 saturated carbocycles. The first-order valence-electron chi connectivity index (χ1n) is 5.14. The summed E-state index contributed by atoms with van der Waals surface area (Å²) in [6, 6.07) is 7.43. The number of benzene rings is 1. The van der Waals surface area contributed by atoms with Crippen LogP contribution in [0, 0.1) is 5.92 Å². The van der Waals surface area contributed by atoms with Crippen molar-refractivity contribution in [3.8, 4) is 5.75 Å². The third kappa shape index (κ3) is 2.74. The van der Waals surface area contributed by atoms with Crippen molar-refractivity contribution in [2.24, 2.45) is 11.7 Å². The second-order valence-electron chi connectivity index (χ2n) is 3.93. The van der Waals surface area contributed by atoms with E-state index in [1.54, 1.807) is 12.1 Å². The average molecular weight is 193 g/mol. The fourth-order valence-corrected chi connectivity index (χ4v) is 1.62. The third-order valence-corrected chi connectivity index (χ3v) is 2.89. The van der Waals surface area contributed by atoms with Crippen molar-refractivity contribution < 1.29 is 5.11 Å². The van der Waals surface area contributed by atoms with E-state index < -0.39 is 0 Å². The molecule has 0 bridgehead atoms. The first-order chi connectivity index (χ1) is 6.65. The highest BCUT2D eigenvalue weighted by molar-refractivity contribution is 5.28. The van der Waals surface area contributed by atoms with Crippen molar-refractivity contribution in [3.63, 3.8) is 0 Å². The number of hydrogen-bond donors (Lipinski definition) is 2. The van der Waals surface area contributed by atoms with Gasteiger partial charge >= 0.3 is 0 Å². The molecule has 0 fully saturated rings. The maximum absolute atomic E-state index is 9.16. The molecule has 2 atom stereocenters. The average Bonchev–Trinajstić information content (AvgIpc) is 2.18. The number of nitrogens with two attached hydrogens (primary N) is 1. The number of phenols is 1. The van der Waals surface area contributed by atoms with E-state index in [1.165, 1.54) is 5.56 Å². The van der Waals surface area contributed by atoms with E-state index in [9.17, 15) is 0 Å². The summed E-state index contributed by atoms with van der Waals surface area (Å²) in [5, 5.41) is 9.16. The monoisotopic (exact) mass is 193 g/mol. The minimum atomic E-state index is 0.326. The van der Waals surface area contributed by atoms with E-state index in [4.69, 9.17) is 10.8 Å². The lowest BCUT2D eigenvalue weighted by atomic mass is 9.87. The molecule has 0 saturated heterocycles. The van der Waals surface area contributed by atoms with Crippen LogP contribution in [0.3, 0.4) is 0 Å². The molecule has 0 spiro atoms. The van der Waals surface area contributed by atoms with Crippen molar-refractivity contribution in [2.45, 2.75) is 26.2 Å². The van der Waals surface area contributed by atoms with Crippen LogP contribution < -0.4 is 5.73 Å². The highest BCUT2D eigenvalue weighted by atomic mass is 16.3. The second kappa shape index (κ2) is 5.01. The van der Waals surface area contributed by atoms with E-state index >= 15 is 0 Å². The minimum absolute atomic E-state index is 0.326. The number of rotatable bonds is 4. The topological polar surface area (TPSA) is 46.2 Å². The molecule has 1 rings (SSSR count). The minimum Gasteiger partial charge on any atom is -0.508 e. The van der Waals surface area contributed by atoms with Gasteiger partial charge in [0.25, 0.3) is 0 Å². The molecule has 0 heterocycles. The van der Waals surface area contributed by atoms with Gasteiger partial charge in [-0.15, -0.1) is 0 Å². The van der Waals surface area contributed by atoms with Crippen LogP contribution in [0.2, 0.25) is 0 Å². The lowest BCUT2D eigenvalue weighted by Crippen LogP contribution is -2.11. The summed E-state index contributed by atoms with van der Waals surface area (Å²) in [6.07, 6.45) is 1.04. The largest absolute Gasteiger partial charge is 0.508 e. The standard InChI is InChI=1S/C12H19NO/c1-9(7-8-13)10(2)11-3-5-12(14)6-4-11/h3-6,9-10,14H,7-8,13H2,1-2H3. The molecule has 1 aromatic carbocycles. The fourth-order valence-electron chi connectivity index (χ4n) is 1.62. The van der Waals surface area contributed by atoms with Crippen molar-refractivity contribution in [1.82, 2.24) is 0 Å². The lowest BCUT2D eigenvalue weighted by Gasteiger charge is -2.19. The van der Waals surface area contributed by atoms with Crippen molar-refractivity contribution in [2.75, 3.05) is 6.54 Å². The molecule has 0 aromatic heterocycles. The maximum atomic E-state index is 9.16. The van der Waals surface area contributed by atoms with E-state index in [1.807, 2.05) is 12.1 Å². The summed E-state index contributed by atoms with van der Waals surface area (Å²) in [5.41, 5.74) is 6.80. The second-order valence-corrected chi connectivity index (χ2v) is 3.93. The summed E-state index contributed by atoms with van der Waals surface area (Å²) < 4.78 is 0. The molecule has 0 amide bonds. The first kappa shape index (κ1) is 11.1. The summed E-state index contributed by atoms with van der Waals surface area (Å²) in [5.74, 6) is 1.41. The Morgan fingerprint density at radius 2 is 1.79 bits per heavy atom. The van der Waals surface area contributed by atoms with Crippen LogP contribution in [0.25, 0.3) is 0 Å². The summed E-state index contributed by atoms with van der Waals surface area (Å²) in [4.78, 5) is 0. The van der Waals surface area contributed by atoms with E-state index in [0.29, 0.717) is 17.6 Å². The SMILES string of the molecule is CC(CCN)C(C)c1ccc(O)cc1.